The molecule has 0 aromatic heterocycles. The molecule has 2 aromatic rings. The van der Waals surface area contributed by atoms with Crippen LogP contribution in [0.4, 0.5) is 0 Å². The standard InChI is InChI=1S/C23H31N3O3.HI/c1-4-24-23(26-14-13-19(16-26)17-27-2)25-15-18-9-11-20(12-10-18)29-22-8-6-5-7-21(22)28-3;/h5-12,19H,4,13-17H2,1-3H3,(H,24,25);1H. The Kier molecular flexibility index (Phi) is 10.2. The second kappa shape index (κ2) is 12.6. The lowest BCUT2D eigenvalue weighted by Gasteiger charge is -2.21. The number of hydrogen-bond acceptors (Lipinski definition) is 4. The third kappa shape index (κ3) is 6.77. The van der Waals surface area contributed by atoms with E-state index in [1.807, 2.05) is 36.4 Å². The molecule has 1 fully saturated rings. The molecule has 6 nitrogen and oxygen atoms in total. The second-order valence-corrected chi connectivity index (χ2v) is 7.12. The van der Waals surface area contributed by atoms with Crippen LogP contribution < -0.4 is 14.8 Å². The third-order valence-electron chi connectivity index (χ3n) is 4.95. The Balaban J connectivity index is 0.00000320. The van der Waals surface area contributed by atoms with Crippen LogP contribution in [0.1, 0.15) is 18.9 Å². The van der Waals surface area contributed by atoms with Gasteiger partial charge in [0.05, 0.1) is 20.3 Å². The van der Waals surface area contributed by atoms with E-state index in [0.717, 1.165) is 49.9 Å². The number of nitrogens with zero attached hydrogens (tertiary/aromatic N) is 2. The van der Waals surface area contributed by atoms with E-state index in [0.29, 0.717) is 24.0 Å². The number of aliphatic imine (C=N–C) groups is 1. The average Bonchev–Trinajstić information content (AvgIpc) is 3.21. The number of guanidine groups is 1. The van der Waals surface area contributed by atoms with E-state index in [1.54, 1.807) is 14.2 Å². The van der Waals surface area contributed by atoms with Gasteiger partial charge in [-0.15, -0.1) is 24.0 Å². The molecule has 0 radical (unpaired) electrons. The van der Waals surface area contributed by atoms with Gasteiger partial charge in [-0.05, 0) is 43.2 Å². The second-order valence-electron chi connectivity index (χ2n) is 7.12. The molecular formula is C23H32IN3O3. The molecule has 2 aromatic carbocycles. The summed E-state index contributed by atoms with van der Waals surface area (Å²) >= 11 is 0. The number of methoxy groups -OCH3 is 2. The summed E-state index contributed by atoms with van der Waals surface area (Å²) in [4.78, 5) is 7.16. The molecule has 1 heterocycles. The van der Waals surface area contributed by atoms with Gasteiger partial charge in [-0.25, -0.2) is 4.99 Å². The van der Waals surface area contributed by atoms with E-state index in [2.05, 4.69) is 29.3 Å². The summed E-state index contributed by atoms with van der Waals surface area (Å²) in [6.07, 6.45) is 1.15. The molecule has 0 aliphatic carbocycles. The van der Waals surface area contributed by atoms with Crippen molar-refractivity contribution in [1.29, 1.82) is 0 Å². The zero-order valence-corrected chi connectivity index (χ0v) is 20.3. The van der Waals surface area contributed by atoms with E-state index in [1.165, 1.54) is 0 Å². The number of likely N-dealkylation sites (tertiary alicyclic amines) is 1. The predicted molar refractivity (Wildman–Crippen MR) is 131 cm³/mol. The van der Waals surface area contributed by atoms with E-state index < -0.39 is 0 Å². The maximum Gasteiger partial charge on any atom is 0.194 e. The topological polar surface area (TPSA) is 55.3 Å². The summed E-state index contributed by atoms with van der Waals surface area (Å²) in [7, 11) is 3.41. The molecule has 1 aliphatic heterocycles. The van der Waals surface area contributed by atoms with E-state index in [9.17, 15) is 0 Å². The summed E-state index contributed by atoms with van der Waals surface area (Å²) in [6.45, 7) is 6.40. The minimum absolute atomic E-state index is 0. The molecule has 7 heteroatoms. The van der Waals surface area contributed by atoms with Crippen LogP contribution in [-0.4, -0.2) is 51.3 Å². The number of ether oxygens (including phenoxy) is 3. The minimum atomic E-state index is 0. The van der Waals surface area contributed by atoms with E-state index in [4.69, 9.17) is 19.2 Å². The molecule has 0 amide bonds. The highest BCUT2D eigenvalue weighted by atomic mass is 127. The highest BCUT2D eigenvalue weighted by Crippen LogP contribution is 2.30. The largest absolute Gasteiger partial charge is 0.493 e. The van der Waals surface area contributed by atoms with Crippen molar-refractivity contribution < 1.29 is 14.2 Å². The summed E-state index contributed by atoms with van der Waals surface area (Å²) in [5.74, 6) is 3.75. The SMILES string of the molecule is CCNC(=NCc1ccc(Oc2ccccc2OC)cc1)N1CCC(COC)C1.I. The zero-order chi connectivity index (χ0) is 20.5. The van der Waals surface area contributed by atoms with Crippen molar-refractivity contribution in [3.63, 3.8) is 0 Å². The molecular weight excluding hydrogens is 493 g/mol. The first kappa shape index (κ1) is 24.3. The number of benzene rings is 2. The Morgan fingerprint density at radius 2 is 1.83 bits per heavy atom. The van der Waals surface area contributed by atoms with Gasteiger partial charge in [-0.1, -0.05) is 24.3 Å². The van der Waals surface area contributed by atoms with Gasteiger partial charge >= 0.3 is 0 Å². The average molecular weight is 525 g/mol. The Hall–Kier alpha value is -2.00. The molecule has 0 spiro atoms. The van der Waals surface area contributed by atoms with Crippen molar-refractivity contribution in [2.75, 3.05) is 40.5 Å². The lowest BCUT2D eigenvalue weighted by molar-refractivity contribution is 0.157. The van der Waals surface area contributed by atoms with Crippen LogP contribution in [0.15, 0.2) is 53.5 Å². The number of rotatable bonds is 8. The Morgan fingerprint density at radius 1 is 1.10 bits per heavy atom. The monoisotopic (exact) mass is 525 g/mol. The van der Waals surface area contributed by atoms with Crippen LogP contribution in [0.3, 0.4) is 0 Å². The molecule has 1 N–H and O–H groups in total. The van der Waals surface area contributed by atoms with Gasteiger partial charge in [0, 0.05) is 32.7 Å². The van der Waals surface area contributed by atoms with Crippen LogP contribution in [0.25, 0.3) is 0 Å². The summed E-state index contributed by atoms with van der Waals surface area (Å²) in [5.41, 5.74) is 1.14. The van der Waals surface area contributed by atoms with Crippen LogP contribution >= 0.6 is 24.0 Å². The van der Waals surface area contributed by atoms with Crippen molar-refractivity contribution in [2.45, 2.75) is 19.9 Å². The smallest absolute Gasteiger partial charge is 0.194 e. The molecule has 164 valence electrons. The summed E-state index contributed by atoms with van der Waals surface area (Å²) < 4.78 is 16.6. The molecule has 1 saturated heterocycles. The van der Waals surface area contributed by atoms with Crippen molar-refractivity contribution >= 4 is 29.9 Å². The van der Waals surface area contributed by atoms with Gasteiger partial charge < -0.3 is 24.4 Å². The third-order valence-corrected chi connectivity index (χ3v) is 4.95. The fraction of sp³-hybridized carbons (Fsp3) is 0.435. The van der Waals surface area contributed by atoms with Gasteiger partial charge in [-0.2, -0.15) is 0 Å². The summed E-state index contributed by atoms with van der Waals surface area (Å²) in [5, 5.41) is 3.41. The van der Waals surface area contributed by atoms with Gasteiger partial charge in [0.15, 0.2) is 17.5 Å². The molecule has 30 heavy (non-hydrogen) atoms. The number of halogens is 1. The number of hydrogen-bond donors (Lipinski definition) is 1. The molecule has 0 saturated carbocycles. The normalized spacial score (nSPS) is 16.2. The molecule has 1 unspecified atom stereocenters. The van der Waals surface area contributed by atoms with Crippen molar-refractivity contribution in [3.8, 4) is 17.2 Å². The zero-order valence-electron chi connectivity index (χ0n) is 18.0. The maximum atomic E-state index is 5.94. The van der Waals surface area contributed by atoms with Crippen LogP contribution in [-0.2, 0) is 11.3 Å². The summed E-state index contributed by atoms with van der Waals surface area (Å²) in [6, 6.07) is 15.7. The van der Waals surface area contributed by atoms with Crippen molar-refractivity contribution in [2.24, 2.45) is 10.9 Å². The highest BCUT2D eigenvalue weighted by Gasteiger charge is 2.24. The molecule has 0 bridgehead atoms. The van der Waals surface area contributed by atoms with Crippen LogP contribution in [0, 0.1) is 5.92 Å². The van der Waals surface area contributed by atoms with Gasteiger partial charge in [0.1, 0.15) is 5.75 Å². The molecule has 1 atom stereocenters. The fourth-order valence-corrected chi connectivity index (χ4v) is 3.48. The quantitative estimate of drug-likeness (QED) is 0.312. The van der Waals surface area contributed by atoms with Gasteiger partial charge in [0.2, 0.25) is 0 Å². The first-order valence-corrected chi connectivity index (χ1v) is 10.2. The number of nitrogens with one attached hydrogen (secondary N) is 1. The predicted octanol–water partition coefficient (Wildman–Crippen LogP) is 4.54. The van der Waals surface area contributed by atoms with E-state index >= 15 is 0 Å². The lowest BCUT2D eigenvalue weighted by atomic mass is 10.1. The highest BCUT2D eigenvalue weighted by molar-refractivity contribution is 14.0. The van der Waals surface area contributed by atoms with Crippen molar-refractivity contribution in [3.05, 3.63) is 54.1 Å². The Morgan fingerprint density at radius 3 is 2.50 bits per heavy atom. The van der Waals surface area contributed by atoms with Gasteiger partial charge in [0.25, 0.3) is 0 Å². The first-order chi connectivity index (χ1) is 14.2. The maximum absolute atomic E-state index is 5.94. The minimum Gasteiger partial charge on any atom is -0.493 e. The Labute approximate surface area is 196 Å². The first-order valence-electron chi connectivity index (χ1n) is 10.2. The molecule has 1 aliphatic rings. The van der Waals surface area contributed by atoms with Crippen LogP contribution in [0.2, 0.25) is 0 Å². The number of para-hydroxylation sites is 2. The van der Waals surface area contributed by atoms with Crippen molar-refractivity contribution in [1.82, 2.24) is 10.2 Å². The molecule has 3 rings (SSSR count). The lowest BCUT2D eigenvalue weighted by Crippen LogP contribution is -2.40. The van der Waals surface area contributed by atoms with Gasteiger partial charge in [-0.3, -0.25) is 0 Å². The Bertz CT molecular complexity index is 799. The van der Waals surface area contributed by atoms with E-state index in [-0.39, 0.29) is 24.0 Å². The fourth-order valence-electron chi connectivity index (χ4n) is 3.48. The van der Waals surface area contributed by atoms with Crippen LogP contribution in [0.5, 0.6) is 17.2 Å².